The van der Waals surface area contributed by atoms with E-state index in [2.05, 4.69) is 5.32 Å². The van der Waals surface area contributed by atoms with Gasteiger partial charge in [-0.2, -0.15) is 0 Å². The minimum atomic E-state index is -3.32. The Hall–Kier alpha value is -0.880. The number of carbonyl (C=O) groups is 1. The molecule has 0 radical (unpaired) electrons. The summed E-state index contributed by atoms with van der Waals surface area (Å²) < 4.78 is 23.7. The maximum absolute atomic E-state index is 11.8. The Morgan fingerprint density at radius 3 is 3.00 bits per heavy atom. The molecule has 1 aromatic rings. The second-order valence-corrected chi connectivity index (χ2v) is 6.43. The number of hydrogen-bond donors (Lipinski definition) is 1. The monoisotopic (exact) mass is 231 g/mol. The fourth-order valence-electron chi connectivity index (χ4n) is 1.33. The minimum Gasteiger partial charge on any atom is -0.350 e. The summed E-state index contributed by atoms with van der Waals surface area (Å²) in [7, 11) is -3.32. The third-order valence-corrected chi connectivity index (χ3v) is 5.44. The predicted octanol–water partition coefficient (Wildman–Crippen LogP) is 0.654. The molecule has 1 N–H and O–H groups in total. The molecule has 1 aliphatic rings. The van der Waals surface area contributed by atoms with Crippen LogP contribution in [0.1, 0.15) is 16.6 Å². The molecular weight excluding hydrogens is 222 g/mol. The Morgan fingerprint density at radius 2 is 2.29 bits per heavy atom. The molecule has 1 atom stereocenters. The van der Waals surface area contributed by atoms with E-state index >= 15 is 0 Å². The fourth-order valence-corrected chi connectivity index (χ4v) is 3.96. The molecule has 6 heteroatoms. The molecule has 1 aliphatic heterocycles. The van der Waals surface area contributed by atoms with E-state index in [1.165, 1.54) is 6.07 Å². The first-order chi connectivity index (χ1) is 6.53. The molecule has 0 spiro atoms. The second kappa shape index (κ2) is 3.06. The lowest BCUT2D eigenvalue weighted by Gasteiger charge is -2.07. The molecule has 2 rings (SSSR count). The Morgan fingerprint density at radius 1 is 1.57 bits per heavy atom. The van der Waals surface area contributed by atoms with Crippen LogP contribution in [0, 0.1) is 0 Å². The molecule has 1 aromatic heterocycles. The molecule has 2 heterocycles. The van der Waals surface area contributed by atoms with Crippen LogP contribution in [0.4, 0.5) is 0 Å². The smallest absolute Gasteiger partial charge is 0.262 e. The van der Waals surface area contributed by atoms with Crippen molar-refractivity contribution in [1.29, 1.82) is 0 Å². The summed E-state index contributed by atoms with van der Waals surface area (Å²) in [5.74, 6) is -0.289. The summed E-state index contributed by atoms with van der Waals surface area (Å²) in [6, 6.07) is 1.50. The van der Waals surface area contributed by atoms with E-state index in [9.17, 15) is 13.2 Å². The van der Waals surface area contributed by atoms with Gasteiger partial charge in [-0.3, -0.25) is 4.79 Å². The first-order valence-corrected chi connectivity index (χ1v) is 6.55. The van der Waals surface area contributed by atoms with E-state index in [-0.39, 0.29) is 17.3 Å². The SMILES string of the molecule is CC1CNC(=O)c2sccc2S1(=O)=O. The number of sulfone groups is 1. The zero-order valence-corrected chi connectivity index (χ0v) is 9.11. The van der Waals surface area contributed by atoms with Gasteiger partial charge in [0.25, 0.3) is 5.91 Å². The molecule has 0 saturated carbocycles. The predicted molar refractivity (Wildman–Crippen MR) is 53.3 cm³/mol. The van der Waals surface area contributed by atoms with E-state index in [4.69, 9.17) is 0 Å². The maximum atomic E-state index is 11.8. The van der Waals surface area contributed by atoms with Crippen molar-refractivity contribution in [2.24, 2.45) is 0 Å². The molecule has 14 heavy (non-hydrogen) atoms. The summed E-state index contributed by atoms with van der Waals surface area (Å²) in [5, 5.41) is 3.66. The summed E-state index contributed by atoms with van der Waals surface area (Å²) in [6.07, 6.45) is 0. The highest BCUT2D eigenvalue weighted by atomic mass is 32.2. The van der Waals surface area contributed by atoms with Crippen LogP contribution in [0.3, 0.4) is 0 Å². The lowest BCUT2D eigenvalue weighted by Crippen LogP contribution is -2.30. The molecule has 4 nitrogen and oxygen atoms in total. The third kappa shape index (κ3) is 1.26. The third-order valence-electron chi connectivity index (χ3n) is 2.22. The van der Waals surface area contributed by atoms with E-state index in [1.807, 2.05) is 0 Å². The Balaban J connectivity index is 2.69. The summed E-state index contributed by atoms with van der Waals surface area (Å²) in [4.78, 5) is 11.9. The zero-order chi connectivity index (χ0) is 10.3. The number of nitrogens with one attached hydrogen (secondary N) is 1. The lowest BCUT2D eigenvalue weighted by atomic mass is 10.4. The Bertz CT molecular complexity index is 475. The molecule has 76 valence electrons. The van der Waals surface area contributed by atoms with Gasteiger partial charge >= 0.3 is 0 Å². The molecule has 0 saturated heterocycles. The van der Waals surface area contributed by atoms with E-state index < -0.39 is 15.1 Å². The van der Waals surface area contributed by atoms with E-state index in [1.54, 1.807) is 12.3 Å². The average molecular weight is 231 g/mol. The van der Waals surface area contributed by atoms with Gasteiger partial charge in [0.15, 0.2) is 9.84 Å². The van der Waals surface area contributed by atoms with Crippen LogP contribution in [0.5, 0.6) is 0 Å². The van der Waals surface area contributed by atoms with E-state index in [0.29, 0.717) is 4.88 Å². The standard InChI is InChI=1S/C8H9NO3S2/c1-5-4-9-8(10)7-6(2-3-13-7)14(5,11)12/h2-3,5H,4H2,1H3,(H,9,10). The average Bonchev–Trinajstić information content (AvgIpc) is 2.59. The van der Waals surface area contributed by atoms with E-state index in [0.717, 1.165) is 11.3 Å². The van der Waals surface area contributed by atoms with Gasteiger partial charge in [-0.05, 0) is 18.4 Å². The van der Waals surface area contributed by atoms with Gasteiger partial charge in [-0.15, -0.1) is 11.3 Å². The highest BCUT2D eigenvalue weighted by molar-refractivity contribution is 7.92. The van der Waals surface area contributed by atoms with Crippen LogP contribution >= 0.6 is 11.3 Å². The van der Waals surface area contributed by atoms with Crippen molar-refractivity contribution in [3.8, 4) is 0 Å². The van der Waals surface area contributed by atoms with Crippen molar-refractivity contribution in [1.82, 2.24) is 5.32 Å². The number of carbonyl (C=O) groups excluding carboxylic acids is 1. The molecule has 1 amide bonds. The number of amides is 1. The number of fused-ring (bicyclic) bond motifs is 1. The van der Waals surface area contributed by atoms with Gasteiger partial charge in [-0.1, -0.05) is 0 Å². The van der Waals surface area contributed by atoms with Gasteiger partial charge in [0, 0.05) is 6.54 Å². The van der Waals surface area contributed by atoms with Crippen LogP contribution in [0.15, 0.2) is 16.3 Å². The van der Waals surface area contributed by atoms with Crippen molar-refractivity contribution in [3.63, 3.8) is 0 Å². The van der Waals surface area contributed by atoms with Crippen LogP contribution in [0.2, 0.25) is 0 Å². The molecule has 0 aromatic carbocycles. The van der Waals surface area contributed by atoms with Crippen molar-refractivity contribution in [2.75, 3.05) is 6.54 Å². The maximum Gasteiger partial charge on any atom is 0.262 e. The van der Waals surface area contributed by atoms with Crippen molar-refractivity contribution in [3.05, 3.63) is 16.3 Å². The van der Waals surface area contributed by atoms with Crippen LogP contribution in [0.25, 0.3) is 0 Å². The molecule has 0 aliphatic carbocycles. The lowest BCUT2D eigenvalue weighted by molar-refractivity contribution is 0.0957. The van der Waals surface area contributed by atoms with Crippen molar-refractivity contribution < 1.29 is 13.2 Å². The summed E-state index contributed by atoms with van der Waals surface area (Å²) in [5.41, 5.74) is 0. The number of thiophene rings is 1. The molecule has 0 fully saturated rings. The van der Waals surface area contributed by atoms with Crippen molar-refractivity contribution >= 4 is 27.1 Å². The first-order valence-electron chi connectivity index (χ1n) is 4.13. The normalized spacial score (nSPS) is 24.9. The highest BCUT2D eigenvalue weighted by Gasteiger charge is 2.32. The zero-order valence-electron chi connectivity index (χ0n) is 7.48. The summed E-state index contributed by atoms with van der Waals surface area (Å²) >= 11 is 1.16. The Labute approximate surface area is 85.9 Å². The molecule has 0 bridgehead atoms. The Kier molecular flexibility index (Phi) is 2.11. The van der Waals surface area contributed by atoms with Crippen LogP contribution in [-0.4, -0.2) is 26.1 Å². The number of rotatable bonds is 0. The second-order valence-electron chi connectivity index (χ2n) is 3.18. The molecular formula is C8H9NO3S2. The first kappa shape index (κ1) is 9.67. The quantitative estimate of drug-likeness (QED) is 0.713. The highest BCUT2D eigenvalue weighted by Crippen LogP contribution is 2.27. The minimum absolute atomic E-state index is 0.171. The van der Waals surface area contributed by atoms with Gasteiger partial charge < -0.3 is 5.32 Å². The topological polar surface area (TPSA) is 63.2 Å². The van der Waals surface area contributed by atoms with Crippen molar-refractivity contribution in [2.45, 2.75) is 17.1 Å². The van der Waals surface area contributed by atoms with Gasteiger partial charge in [0.1, 0.15) is 4.88 Å². The number of hydrogen-bond acceptors (Lipinski definition) is 4. The van der Waals surface area contributed by atoms with Gasteiger partial charge in [0.05, 0.1) is 10.1 Å². The van der Waals surface area contributed by atoms with Gasteiger partial charge in [-0.25, -0.2) is 8.42 Å². The van der Waals surface area contributed by atoms with Crippen LogP contribution < -0.4 is 5.32 Å². The summed E-state index contributed by atoms with van der Waals surface area (Å²) in [6.45, 7) is 1.78. The van der Waals surface area contributed by atoms with Gasteiger partial charge in [0.2, 0.25) is 0 Å². The van der Waals surface area contributed by atoms with Crippen LogP contribution in [-0.2, 0) is 9.84 Å². The molecule has 1 unspecified atom stereocenters. The largest absolute Gasteiger partial charge is 0.350 e. The fraction of sp³-hybridized carbons (Fsp3) is 0.375.